The summed E-state index contributed by atoms with van der Waals surface area (Å²) < 4.78 is 5.77. The summed E-state index contributed by atoms with van der Waals surface area (Å²) in [6.45, 7) is 5.63. The molecule has 2 N–H and O–H groups in total. The van der Waals surface area contributed by atoms with Gasteiger partial charge in [0.1, 0.15) is 12.4 Å². The molecule has 1 rings (SSSR count). The average molecular weight is 222 g/mol. The topological polar surface area (TPSA) is 38.5 Å². The van der Waals surface area contributed by atoms with E-state index in [2.05, 4.69) is 17.9 Å². The van der Waals surface area contributed by atoms with Crippen molar-refractivity contribution in [2.75, 3.05) is 27.2 Å². The Hall–Kier alpha value is -1.06. The number of hydrogen-bond acceptors (Lipinski definition) is 3. The van der Waals surface area contributed by atoms with Crippen LogP contribution in [0.15, 0.2) is 18.2 Å². The zero-order chi connectivity index (χ0) is 12.1. The van der Waals surface area contributed by atoms with Crippen molar-refractivity contribution >= 4 is 0 Å². The van der Waals surface area contributed by atoms with Crippen LogP contribution >= 0.6 is 0 Å². The second kappa shape index (κ2) is 5.87. The van der Waals surface area contributed by atoms with Crippen LogP contribution in [0, 0.1) is 6.92 Å². The van der Waals surface area contributed by atoms with Crippen molar-refractivity contribution in [3.63, 3.8) is 0 Å². The second-order valence-electron chi connectivity index (χ2n) is 4.48. The van der Waals surface area contributed by atoms with Crippen molar-refractivity contribution in [1.29, 1.82) is 0 Å². The summed E-state index contributed by atoms with van der Waals surface area (Å²) in [5, 5.41) is 0. The van der Waals surface area contributed by atoms with Crippen molar-refractivity contribution in [1.82, 2.24) is 4.90 Å². The van der Waals surface area contributed by atoms with Gasteiger partial charge in [0, 0.05) is 18.2 Å². The van der Waals surface area contributed by atoms with Gasteiger partial charge in [-0.05, 0) is 39.6 Å². The summed E-state index contributed by atoms with van der Waals surface area (Å²) in [5.74, 6) is 0.914. The zero-order valence-electron chi connectivity index (χ0n) is 10.7. The van der Waals surface area contributed by atoms with E-state index < -0.39 is 0 Å². The number of likely N-dealkylation sites (N-methyl/N-ethyl adjacent to an activating group) is 1. The van der Waals surface area contributed by atoms with Crippen molar-refractivity contribution in [3.8, 4) is 5.75 Å². The zero-order valence-corrected chi connectivity index (χ0v) is 10.7. The van der Waals surface area contributed by atoms with E-state index in [1.807, 2.05) is 33.2 Å². The first-order chi connectivity index (χ1) is 7.50. The van der Waals surface area contributed by atoms with Crippen LogP contribution in [0.1, 0.15) is 24.1 Å². The molecule has 0 heterocycles. The molecule has 0 bridgehead atoms. The third-order valence-corrected chi connectivity index (χ3v) is 2.46. The lowest BCUT2D eigenvalue weighted by molar-refractivity contribution is 0.258. The first-order valence-electron chi connectivity index (χ1n) is 5.64. The second-order valence-corrected chi connectivity index (χ2v) is 4.48. The number of nitrogens with two attached hydrogens (primary N) is 1. The molecule has 0 aliphatic rings. The van der Waals surface area contributed by atoms with E-state index in [4.69, 9.17) is 10.5 Å². The fourth-order valence-electron chi connectivity index (χ4n) is 1.48. The Kier molecular flexibility index (Phi) is 4.77. The van der Waals surface area contributed by atoms with Crippen LogP contribution in [0.4, 0.5) is 0 Å². The van der Waals surface area contributed by atoms with Gasteiger partial charge in [-0.3, -0.25) is 0 Å². The summed E-state index contributed by atoms with van der Waals surface area (Å²) >= 11 is 0. The molecule has 1 aromatic carbocycles. The van der Waals surface area contributed by atoms with Gasteiger partial charge in [-0.15, -0.1) is 0 Å². The van der Waals surface area contributed by atoms with Crippen LogP contribution in [-0.4, -0.2) is 32.1 Å². The normalized spacial score (nSPS) is 12.9. The molecular weight excluding hydrogens is 200 g/mol. The Morgan fingerprint density at radius 3 is 2.62 bits per heavy atom. The van der Waals surface area contributed by atoms with Crippen LogP contribution in [0.25, 0.3) is 0 Å². The highest BCUT2D eigenvalue weighted by atomic mass is 16.5. The molecular formula is C13H22N2O. The van der Waals surface area contributed by atoms with Crippen molar-refractivity contribution in [2.45, 2.75) is 19.9 Å². The molecule has 0 aliphatic carbocycles. The molecule has 1 aromatic rings. The molecule has 1 atom stereocenters. The summed E-state index contributed by atoms with van der Waals surface area (Å²) in [5.41, 5.74) is 8.18. The highest BCUT2D eigenvalue weighted by Crippen LogP contribution is 2.24. The first kappa shape index (κ1) is 13.0. The number of rotatable bonds is 5. The van der Waals surface area contributed by atoms with Gasteiger partial charge in [-0.2, -0.15) is 0 Å². The van der Waals surface area contributed by atoms with Crippen LogP contribution in [0.5, 0.6) is 5.75 Å². The predicted molar refractivity (Wildman–Crippen MR) is 67.8 cm³/mol. The van der Waals surface area contributed by atoms with E-state index in [-0.39, 0.29) is 6.04 Å². The summed E-state index contributed by atoms with van der Waals surface area (Å²) in [6, 6.07) is 6.17. The van der Waals surface area contributed by atoms with E-state index in [1.54, 1.807) is 0 Å². The van der Waals surface area contributed by atoms with Gasteiger partial charge in [0.15, 0.2) is 0 Å². The van der Waals surface area contributed by atoms with Gasteiger partial charge in [0.2, 0.25) is 0 Å². The number of nitrogens with zero attached hydrogens (tertiary/aromatic N) is 1. The van der Waals surface area contributed by atoms with Crippen molar-refractivity contribution in [2.24, 2.45) is 5.73 Å². The molecule has 16 heavy (non-hydrogen) atoms. The maximum Gasteiger partial charge on any atom is 0.124 e. The fraction of sp³-hybridized carbons (Fsp3) is 0.538. The molecule has 0 amide bonds. The molecule has 0 aliphatic heterocycles. The Labute approximate surface area is 98.2 Å². The fourth-order valence-corrected chi connectivity index (χ4v) is 1.48. The van der Waals surface area contributed by atoms with E-state index in [0.717, 1.165) is 17.9 Å². The molecule has 0 aromatic heterocycles. The Balaban J connectivity index is 2.72. The smallest absolute Gasteiger partial charge is 0.124 e. The number of ether oxygens (including phenoxy) is 1. The largest absolute Gasteiger partial charge is 0.492 e. The lowest BCUT2D eigenvalue weighted by Gasteiger charge is -2.16. The minimum absolute atomic E-state index is 0.00922. The molecule has 0 fully saturated rings. The van der Waals surface area contributed by atoms with Gasteiger partial charge in [0.25, 0.3) is 0 Å². The average Bonchev–Trinajstić information content (AvgIpc) is 2.16. The van der Waals surface area contributed by atoms with Crippen LogP contribution in [0.3, 0.4) is 0 Å². The van der Waals surface area contributed by atoms with Gasteiger partial charge in [0.05, 0.1) is 0 Å². The minimum atomic E-state index is 0.00922. The van der Waals surface area contributed by atoms with Gasteiger partial charge >= 0.3 is 0 Å². The molecule has 3 nitrogen and oxygen atoms in total. The molecule has 0 saturated heterocycles. The van der Waals surface area contributed by atoms with Crippen LogP contribution in [0.2, 0.25) is 0 Å². The van der Waals surface area contributed by atoms with E-state index in [9.17, 15) is 0 Å². The maximum atomic E-state index is 5.91. The first-order valence-corrected chi connectivity index (χ1v) is 5.64. The Morgan fingerprint density at radius 2 is 2.06 bits per heavy atom. The van der Waals surface area contributed by atoms with Gasteiger partial charge in [-0.25, -0.2) is 0 Å². The van der Waals surface area contributed by atoms with E-state index >= 15 is 0 Å². The van der Waals surface area contributed by atoms with Crippen molar-refractivity contribution < 1.29 is 4.74 Å². The van der Waals surface area contributed by atoms with Crippen LogP contribution < -0.4 is 10.5 Å². The minimum Gasteiger partial charge on any atom is -0.492 e. The Morgan fingerprint density at radius 1 is 1.38 bits per heavy atom. The highest BCUT2D eigenvalue weighted by Gasteiger charge is 2.08. The summed E-state index contributed by atoms with van der Waals surface area (Å²) in [6.07, 6.45) is 0. The van der Waals surface area contributed by atoms with Gasteiger partial charge in [-0.1, -0.05) is 12.1 Å². The SMILES string of the molecule is Cc1ccc(C(C)N)c(OCCN(C)C)c1. The van der Waals surface area contributed by atoms with E-state index in [0.29, 0.717) is 6.61 Å². The molecule has 0 spiro atoms. The number of hydrogen-bond donors (Lipinski definition) is 1. The molecule has 0 saturated carbocycles. The standard InChI is InChI=1S/C13H22N2O/c1-10-5-6-12(11(2)14)13(9-10)16-8-7-15(3)4/h5-6,9,11H,7-8,14H2,1-4H3. The summed E-state index contributed by atoms with van der Waals surface area (Å²) in [7, 11) is 4.07. The third kappa shape index (κ3) is 3.83. The Bertz CT molecular complexity index is 335. The van der Waals surface area contributed by atoms with E-state index in [1.165, 1.54) is 5.56 Å². The quantitative estimate of drug-likeness (QED) is 0.827. The molecule has 3 heteroatoms. The van der Waals surface area contributed by atoms with Gasteiger partial charge < -0.3 is 15.4 Å². The van der Waals surface area contributed by atoms with Crippen LogP contribution in [-0.2, 0) is 0 Å². The monoisotopic (exact) mass is 222 g/mol. The number of aryl methyl sites for hydroxylation is 1. The lowest BCUT2D eigenvalue weighted by Crippen LogP contribution is -2.20. The number of benzene rings is 1. The molecule has 90 valence electrons. The highest BCUT2D eigenvalue weighted by molar-refractivity contribution is 5.38. The predicted octanol–water partition coefficient (Wildman–Crippen LogP) is 1.96. The summed E-state index contributed by atoms with van der Waals surface area (Å²) in [4.78, 5) is 2.10. The molecule has 1 unspecified atom stereocenters. The molecule has 0 radical (unpaired) electrons. The lowest BCUT2D eigenvalue weighted by atomic mass is 10.1. The van der Waals surface area contributed by atoms with Crippen molar-refractivity contribution in [3.05, 3.63) is 29.3 Å². The maximum absolute atomic E-state index is 5.91. The third-order valence-electron chi connectivity index (χ3n) is 2.46.